The molecule has 310 valence electrons. The van der Waals surface area contributed by atoms with Crippen molar-refractivity contribution in [2.75, 3.05) is 16.0 Å². The number of alkyl halides is 3. The fourth-order valence-electron chi connectivity index (χ4n) is 5.55. The maximum atomic E-state index is 13.1. The van der Waals surface area contributed by atoms with E-state index in [4.69, 9.17) is 4.98 Å². The average molecular weight is 888 g/mol. The second kappa shape index (κ2) is 19.2. The van der Waals surface area contributed by atoms with Crippen LogP contribution < -0.4 is 16.0 Å². The molecule has 21 heteroatoms. The Morgan fingerprint density at radius 2 is 1.10 bits per heavy atom. The second-order valence-electron chi connectivity index (χ2n) is 12.7. The van der Waals surface area contributed by atoms with Gasteiger partial charge < -0.3 is 16.0 Å². The number of aryl methyl sites for hydroxylation is 1. The zero-order chi connectivity index (χ0) is 42.7. The van der Waals surface area contributed by atoms with Gasteiger partial charge in [-0.25, -0.2) is 29.9 Å². The largest absolute Gasteiger partial charge is 0.427 e. The van der Waals surface area contributed by atoms with Crippen LogP contribution in [0.1, 0.15) is 10.6 Å². The van der Waals surface area contributed by atoms with Crippen molar-refractivity contribution < 1.29 is 13.2 Å². The Morgan fingerprint density at radius 3 is 1.68 bits per heavy atom. The van der Waals surface area contributed by atoms with Crippen LogP contribution in [0.2, 0.25) is 0 Å². The third-order valence-electron chi connectivity index (χ3n) is 8.31. The molecule has 0 aliphatic carbocycles. The zero-order valence-corrected chi connectivity index (χ0v) is 34.6. The number of aromatic nitrogens is 12. The lowest BCUT2D eigenvalue weighted by Crippen LogP contribution is -2.03. The van der Waals surface area contributed by atoms with E-state index in [2.05, 4.69) is 83.6 Å². The quantitative estimate of drug-likeness (QED) is 0.0760. The summed E-state index contributed by atoms with van der Waals surface area (Å²) < 4.78 is 39.3. The molecule has 0 aliphatic rings. The van der Waals surface area contributed by atoms with Crippen molar-refractivity contribution in [3.8, 4) is 44.2 Å². The summed E-state index contributed by atoms with van der Waals surface area (Å²) in [6, 6.07) is 26.9. The van der Waals surface area contributed by atoms with Crippen molar-refractivity contribution in [2.24, 2.45) is 0 Å². The van der Waals surface area contributed by atoms with Crippen LogP contribution in [0.4, 0.5) is 46.0 Å². The van der Waals surface area contributed by atoms with Crippen molar-refractivity contribution in [3.05, 3.63) is 150 Å². The van der Waals surface area contributed by atoms with Crippen molar-refractivity contribution in [2.45, 2.75) is 13.1 Å². The lowest BCUT2D eigenvalue weighted by molar-refractivity contribution is -0.134. The Kier molecular flexibility index (Phi) is 12.7. The highest BCUT2D eigenvalue weighted by molar-refractivity contribution is 7.19. The molecule has 0 radical (unpaired) electrons. The third-order valence-corrected chi connectivity index (χ3v) is 11.1. The van der Waals surface area contributed by atoms with E-state index in [0.29, 0.717) is 17.2 Å². The first kappa shape index (κ1) is 41.1. The molecule has 0 saturated carbocycles. The summed E-state index contributed by atoms with van der Waals surface area (Å²) in [6.45, 7) is 1.96. The normalized spacial score (nSPS) is 10.9. The predicted octanol–water partition coefficient (Wildman–Crippen LogP) is 11.0. The van der Waals surface area contributed by atoms with Crippen molar-refractivity contribution in [1.29, 1.82) is 0 Å². The van der Waals surface area contributed by atoms with E-state index in [1.54, 1.807) is 59.5 Å². The van der Waals surface area contributed by atoms with Gasteiger partial charge >= 0.3 is 6.18 Å². The van der Waals surface area contributed by atoms with E-state index in [9.17, 15) is 13.2 Å². The van der Waals surface area contributed by atoms with E-state index < -0.39 is 11.1 Å². The summed E-state index contributed by atoms with van der Waals surface area (Å²) in [7, 11) is 0. The Morgan fingerprint density at radius 1 is 0.532 bits per heavy atom. The lowest BCUT2D eigenvalue weighted by Gasteiger charge is -2.03. The Balaban J connectivity index is 0.000000129. The summed E-state index contributed by atoms with van der Waals surface area (Å²) in [6.07, 6.45) is 8.70. The number of thiazole rings is 3. The minimum atomic E-state index is -4.48. The lowest BCUT2D eigenvalue weighted by atomic mass is 10.1. The van der Waals surface area contributed by atoms with Crippen LogP contribution in [0.3, 0.4) is 0 Å². The highest BCUT2D eigenvalue weighted by Crippen LogP contribution is 2.43. The molecule has 6 N–H and O–H groups in total. The van der Waals surface area contributed by atoms with E-state index in [1.807, 2.05) is 79.3 Å². The molecule has 0 amide bonds. The maximum absolute atomic E-state index is 13.1. The molecule has 0 atom stereocenters. The van der Waals surface area contributed by atoms with Gasteiger partial charge in [-0.3, -0.25) is 15.3 Å². The van der Waals surface area contributed by atoms with Crippen LogP contribution in [-0.4, -0.2) is 60.5 Å². The highest BCUT2D eigenvalue weighted by Gasteiger charge is 2.38. The van der Waals surface area contributed by atoms with Gasteiger partial charge in [0.2, 0.25) is 0 Å². The first-order chi connectivity index (χ1) is 30.2. The first-order valence-electron chi connectivity index (χ1n) is 18.4. The molecule has 0 spiro atoms. The molecule has 0 bridgehead atoms. The number of aromatic amines is 3. The number of hydrogen-bond donors (Lipinski definition) is 6. The summed E-state index contributed by atoms with van der Waals surface area (Å²) in [4.78, 5) is 26.2. The van der Waals surface area contributed by atoms with Crippen LogP contribution in [0.25, 0.3) is 44.2 Å². The van der Waals surface area contributed by atoms with Crippen molar-refractivity contribution >= 4 is 66.9 Å². The molecule has 0 saturated heterocycles. The van der Waals surface area contributed by atoms with Gasteiger partial charge in [0.15, 0.2) is 15.4 Å². The Labute approximate surface area is 362 Å². The van der Waals surface area contributed by atoms with Gasteiger partial charge in [0.1, 0.15) is 22.3 Å². The zero-order valence-electron chi connectivity index (χ0n) is 32.2. The van der Waals surface area contributed by atoms with E-state index in [-0.39, 0.29) is 16.4 Å². The van der Waals surface area contributed by atoms with Gasteiger partial charge in [-0.15, -0.1) is 11.3 Å². The molecule has 1 aromatic carbocycles. The molecule has 9 aromatic heterocycles. The molecular formula is C41H32F3N15S3. The fraction of sp³-hybridized carbons (Fsp3) is 0.0488. The number of benzene rings is 1. The van der Waals surface area contributed by atoms with Crippen LogP contribution in [0, 0.1) is 6.92 Å². The van der Waals surface area contributed by atoms with Gasteiger partial charge in [0.05, 0.1) is 40.5 Å². The Hall–Kier alpha value is -7.62. The minimum absolute atomic E-state index is 0.122. The summed E-state index contributed by atoms with van der Waals surface area (Å²) in [5, 5.41) is 32.7. The third kappa shape index (κ3) is 10.6. The number of anilines is 6. The minimum Gasteiger partial charge on any atom is -0.316 e. The van der Waals surface area contributed by atoms with Crippen LogP contribution in [-0.2, 0) is 6.18 Å². The van der Waals surface area contributed by atoms with E-state index in [1.165, 1.54) is 18.6 Å². The number of H-pyrrole nitrogens is 3. The number of pyridine rings is 3. The monoisotopic (exact) mass is 887 g/mol. The summed E-state index contributed by atoms with van der Waals surface area (Å²) in [5.74, 6) is 2.02. The van der Waals surface area contributed by atoms with Crippen molar-refractivity contribution in [3.63, 3.8) is 0 Å². The van der Waals surface area contributed by atoms with E-state index in [0.717, 1.165) is 60.5 Å². The van der Waals surface area contributed by atoms with Gasteiger partial charge in [-0.2, -0.15) is 28.5 Å². The molecular weight excluding hydrogens is 856 g/mol. The number of rotatable bonds is 10. The maximum Gasteiger partial charge on any atom is 0.427 e. The topological polar surface area (TPSA) is 199 Å². The predicted molar refractivity (Wildman–Crippen MR) is 237 cm³/mol. The highest BCUT2D eigenvalue weighted by atomic mass is 32.1. The SMILES string of the molecule is Cc1cccc(Nc2nc(-c3cn[nH]c3)cs2)n1.FC(F)(F)c1sc(Nc2ccccn2)nc1-c1cn[nH]c1.c1ccc(-c2sc(Nc3ccccn3)nc2-c2cn[nH]c2)cc1. The first-order valence-corrected chi connectivity index (χ1v) is 20.9. The van der Waals surface area contributed by atoms with E-state index >= 15 is 0 Å². The summed E-state index contributed by atoms with van der Waals surface area (Å²) >= 11 is 3.68. The average Bonchev–Trinajstić information content (AvgIpc) is 4.14. The standard InChI is InChI=1S/C17H13N5S.C12H8F3N5S.C12H11N5S/c1-2-6-12(7-3-1)16-15(13-10-19-20-11-13)22-17(23-16)21-14-8-4-5-9-18-14;13-12(14,15)10-9(7-5-17-18-6-7)20-11(21-10)19-8-3-1-2-4-16-8;1-8-3-2-4-11(15-8)17-12-16-10(7-18-12)9-5-13-14-6-9/h1-11H,(H,19,20)(H,18,21,22);1-6H,(H,17,18)(H,16,19,20);2-7H,1H3,(H,13,14)(H,15,16,17). The molecule has 62 heavy (non-hydrogen) atoms. The van der Waals surface area contributed by atoms with Crippen LogP contribution in [0.5, 0.6) is 0 Å². The van der Waals surface area contributed by atoms with Crippen LogP contribution in [0.15, 0.2) is 140 Å². The fourth-order valence-corrected chi connectivity index (χ4v) is 8.13. The summed E-state index contributed by atoms with van der Waals surface area (Å²) in [5.41, 5.74) is 6.01. The number of hydrogen-bond acceptors (Lipinski definition) is 15. The van der Waals surface area contributed by atoms with Gasteiger partial charge in [-0.05, 0) is 48.9 Å². The number of nitrogens with zero attached hydrogens (tertiary/aromatic N) is 9. The molecule has 10 rings (SSSR count). The molecule has 9 heterocycles. The van der Waals surface area contributed by atoms with Gasteiger partial charge in [0.25, 0.3) is 0 Å². The van der Waals surface area contributed by atoms with Crippen molar-refractivity contribution in [1.82, 2.24) is 60.5 Å². The molecule has 0 fully saturated rings. The second-order valence-corrected chi connectivity index (χ2v) is 15.6. The Bertz CT molecular complexity index is 2880. The number of nitrogens with one attached hydrogen (secondary N) is 6. The molecule has 15 nitrogen and oxygen atoms in total. The molecule has 0 aliphatic heterocycles. The molecule has 10 aromatic rings. The molecule has 0 unspecified atom stereocenters. The van der Waals surface area contributed by atoms with Gasteiger partial charge in [-0.1, -0.05) is 71.2 Å². The number of halogens is 3. The van der Waals surface area contributed by atoms with Gasteiger partial charge in [0, 0.05) is 58.7 Å². The smallest absolute Gasteiger partial charge is 0.316 e. The van der Waals surface area contributed by atoms with Crippen LogP contribution >= 0.6 is 34.0 Å².